The molecule has 8 heteroatoms. The zero-order chi connectivity index (χ0) is 15.6. The minimum atomic E-state index is -4.17. The fraction of sp³-hybridized carbons (Fsp3) is 0.0769. The largest absolute Gasteiger partial charge is 0.392 e. The predicted octanol–water partition coefficient (Wildman–Crippen LogP) is 2.91. The Morgan fingerprint density at radius 1 is 1.19 bits per heavy atom. The maximum absolute atomic E-state index is 13.6. The zero-order valence-electron chi connectivity index (χ0n) is 10.5. The molecule has 112 valence electrons. The van der Waals surface area contributed by atoms with E-state index in [1.807, 2.05) is 4.72 Å². The second-order valence-electron chi connectivity index (χ2n) is 4.12. The predicted molar refractivity (Wildman–Crippen MR) is 74.5 cm³/mol. The highest BCUT2D eigenvalue weighted by Gasteiger charge is 2.21. The van der Waals surface area contributed by atoms with Crippen LogP contribution in [0, 0.1) is 11.6 Å². The first-order chi connectivity index (χ1) is 9.85. The molecule has 0 spiro atoms. The molecule has 21 heavy (non-hydrogen) atoms. The van der Waals surface area contributed by atoms with Crippen molar-refractivity contribution < 1.29 is 22.3 Å². The van der Waals surface area contributed by atoms with Crippen molar-refractivity contribution in [2.45, 2.75) is 11.5 Å². The zero-order valence-corrected chi connectivity index (χ0v) is 12.0. The molecule has 0 saturated heterocycles. The van der Waals surface area contributed by atoms with Crippen LogP contribution in [0.5, 0.6) is 0 Å². The third kappa shape index (κ3) is 3.31. The van der Waals surface area contributed by atoms with E-state index in [2.05, 4.69) is 0 Å². The highest BCUT2D eigenvalue weighted by atomic mass is 35.5. The summed E-state index contributed by atoms with van der Waals surface area (Å²) in [7, 11) is -4.17. The number of rotatable bonds is 4. The van der Waals surface area contributed by atoms with E-state index in [0.717, 1.165) is 6.07 Å². The van der Waals surface area contributed by atoms with E-state index in [-0.39, 0.29) is 10.5 Å². The van der Waals surface area contributed by atoms with Crippen molar-refractivity contribution in [2.75, 3.05) is 4.72 Å². The van der Waals surface area contributed by atoms with Gasteiger partial charge in [0.25, 0.3) is 10.0 Å². The molecule has 4 nitrogen and oxygen atoms in total. The van der Waals surface area contributed by atoms with Gasteiger partial charge in [-0.1, -0.05) is 29.8 Å². The van der Waals surface area contributed by atoms with Crippen molar-refractivity contribution in [3.63, 3.8) is 0 Å². The van der Waals surface area contributed by atoms with Crippen molar-refractivity contribution in [2.24, 2.45) is 0 Å². The quantitative estimate of drug-likeness (QED) is 0.904. The molecule has 0 amide bonds. The summed E-state index contributed by atoms with van der Waals surface area (Å²) in [5, 5.41) is 8.75. The molecule has 2 rings (SSSR count). The lowest BCUT2D eigenvalue weighted by Gasteiger charge is -2.12. The average molecular weight is 334 g/mol. The van der Waals surface area contributed by atoms with Gasteiger partial charge in [-0.3, -0.25) is 4.72 Å². The summed E-state index contributed by atoms with van der Waals surface area (Å²) >= 11 is 5.65. The summed E-state index contributed by atoms with van der Waals surface area (Å²) in [6.45, 7) is -0.503. The highest BCUT2D eigenvalue weighted by Crippen LogP contribution is 2.29. The summed E-state index contributed by atoms with van der Waals surface area (Å²) in [4.78, 5) is -0.215. The Kier molecular flexibility index (Phi) is 4.46. The molecule has 2 N–H and O–H groups in total. The molecule has 2 aromatic carbocycles. The van der Waals surface area contributed by atoms with Crippen LogP contribution in [0.25, 0.3) is 0 Å². The summed E-state index contributed by atoms with van der Waals surface area (Å²) in [6, 6.07) is 6.98. The normalized spacial score (nSPS) is 11.4. The van der Waals surface area contributed by atoms with Crippen molar-refractivity contribution >= 4 is 27.3 Å². The van der Waals surface area contributed by atoms with E-state index in [9.17, 15) is 17.2 Å². The fourth-order valence-electron chi connectivity index (χ4n) is 1.73. The van der Waals surface area contributed by atoms with Crippen molar-refractivity contribution in [3.8, 4) is 0 Å². The Morgan fingerprint density at radius 3 is 2.48 bits per heavy atom. The first-order valence-electron chi connectivity index (χ1n) is 5.71. The highest BCUT2D eigenvalue weighted by molar-refractivity contribution is 7.92. The van der Waals surface area contributed by atoms with Gasteiger partial charge in [-0.2, -0.15) is 0 Å². The van der Waals surface area contributed by atoms with Crippen LogP contribution in [0.4, 0.5) is 14.5 Å². The monoisotopic (exact) mass is 333 g/mol. The van der Waals surface area contributed by atoms with Crippen LogP contribution in [-0.4, -0.2) is 13.5 Å². The Morgan fingerprint density at radius 2 is 1.86 bits per heavy atom. The second kappa shape index (κ2) is 5.97. The molecule has 0 aliphatic carbocycles. The number of benzene rings is 2. The van der Waals surface area contributed by atoms with E-state index < -0.39 is 39.0 Å². The molecule has 0 atom stereocenters. The van der Waals surface area contributed by atoms with E-state index in [1.54, 1.807) is 6.07 Å². The molecular formula is C13H10ClF2NO3S. The molecule has 0 aliphatic heterocycles. The second-order valence-corrected chi connectivity index (χ2v) is 6.17. The Labute approximate surface area is 125 Å². The molecule has 0 aliphatic rings. The van der Waals surface area contributed by atoms with Crippen molar-refractivity contribution in [1.82, 2.24) is 0 Å². The summed E-state index contributed by atoms with van der Waals surface area (Å²) < 4.78 is 53.0. The van der Waals surface area contributed by atoms with Gasteiger partial charge in [0, 0.05) is 6.07 Å². The molecule has 0 bridgehead atoms. The van der Waals surface area contributed by atoms with Gasteiger partial charge in [0.2, 0.25) is 0 Å². The molecule has 0 radical (unpaired) electrons. The van der Waals surface area contributed by atoms with Crippen molar-refractivity contribution in [1.29, 1.82) is 0 Å². The molecule has 0 fully saturated rings. The number of aliphatic hydroxyl groups excluding tert-OH is 1. The molecule has 0 aromatic heterocycles. The SMILES string of the molecule is O=S(=O)(Nc1c(F)cc(F)cc1Cl)c1ccccc1CO. The van der Waals surface area contributed by atoms with Crippen LogP contribution >= 0.6 is 11.6 Å². The Bertz CT molecular complexity index is 758. The van der Waals surface area contributed by atoms with Crippen LogP contribution in [0.15, 0.2) is 41.3 Å². The lowest BCUT2D eigenvalue weighted by atomic mass is 10.2. The van der Waals surface area contributed by atoms with Crippen LogP contribution in [0.1, 0.15) is 5.56 Å². The minimum Gasteiger partial charge on any atom is -0.392 e. The number of hydrogen-bond donors (Lipinski definition) is 2. The summed E-state index contributed by atoms with van der Waals surface area (Å²) in [6.07, 6.45) is 0. The van der Waals surface area contributed by atoms with Crippen LogP contribution < -0.4 is 4.72 Å². The maximum atomic E-state index is 13.6. The molecular weight excluding hydrogens is 324 g/mol. The molecule has 0 saturated carbocycles. The number of aliphatic hydroxyl groups is 1. The van der Waals surface area contributed by atoms with Gasteiger partial charge in [0.05, 0.1) is 16.5 Å². The third-order valence-corrected chi connectivity index (χ3v) is 4.42. The van der Waals surface area contributed by atoms with E-state index in [1.165, 1.54) is 18.2 Å². The van der Waals surface area contributed by atoms with Gasteiger partial charge in [-0.05, 0) is 17.7 Å². The van der Waals surface area contributed by atoms with Gasteiger partial charge < -0.3 is 5.11 Å². The third-order valence-electron chi connectivity index (χ3n) is 2.68. The number of nitrogens with one attached hydrogen (secondary N) is 1. The van der Waals surface area contributed by atoms with E-state index >= 15 is 0 Å². The first-order valence-corrected chi connectivity index (χ1v) is 7.57. The van der Waals surface area contributed by atoms with Gasteiger partial charge in [0.15, 0.2) is 5.82 Å². The van der Waals surface area contributed by atoms with E-state index in [0.29, 0.717) is 6.07 Å². The smallest absolute Gasteiger partial charge is 0.262 e. The Hall–Kier alpha value is -1.70. The number of hydrogen-bond acceptors (Lipinski definition) is 3. The van der Waals surface area contributed by atoms with Crippen LogP contribution in [0.2, 0.25) is 5.02 Å². The Balaban J connectivity index is 2.48. The van der Waals surface area contributed by atoms with Gasteiger partial charge in [-0.25, -0.2) is 17.2 Å². The van der Waals surface area contributed by atoms with Crippen molar-refractivity contribution in [3.05, 3.63) is 58.6 Å². The minimum absolute atomic E-state index is 0.142. The molecule has 0 unspecified atom stereocenters. The molecule has 2 aromatic rings. The number of anilines is 1. The van der Waals surface area contributed by atoms with E-state index in [4.69, 9.17) is 16.7 Å². The first kappa shape index (κ1) is 15.7. The maximum Gasteiger partial charge on any atom is 0.262 e. The van der Waals surface area contributed by atoms with Crippen LogP contribution in [-0.2, 0) is 16.6 Å². The van der Waals surface area contributed by atoms with Gasteiger partial charge >= 0.3 is 0 Å². The topological polar surface area (TPSA) is 66.4 Å². The molecule has 0 heterocycles. The van der Waals surface area contributed by atoms with Crippen LogP contribution in [0.3, 0.4) is 0 Å². The fourth-order valence-corrected chi connectivity index (χ4v) is 3.35. The summed E-state index contributed by atoms with van der Waals surface area (Å²) in [5.41, 5.74) is -0.408. The average Bonchev–Trinajstić information content (AvgIpc) is 2.43. The van der Waals surface area contributed by atoms with Gasteiger partial charge in [-0.15, -0.1) is 0 Å². The number of halogens is 3. The summed E-state index contributed by atoms with van der Waals surface area (Å²) in [5.74, 6) is -2.05. The van der Waals surface area contributed by atoms with Gasteiger partial charge in [0.1, 0.15) is 11.5 Å². The standard InChI is InChI=1S/C13H10ClF2NO3S/c14-10-5-9(15)6-11(16)13(10)17-21(19,20)12-4-2-1-3-8(12)7-18/h1-6,17-18H,7H2. The lowest BCUT2D eigenvalue weighted by molar-refractivity contribution is 0.278. The number of sulfonamides is 1. The lowest BCUT2D eigenvalue weighted by Crippen LogP contribution is -2.16.